The topological polar surface area (TPSA) is 83.0 Å². The molecule has 0 atom stereocenters. The number of nitrogens with zero attached hydrogens (tertiary/aromatic N) is 2. The molecule has 0 aromatic carbocycles. The van der Waals surface area contributed by atoms with Crippen molar-refractivity contribution in [2.75, 3.05) is 52.7 Å². The van der Waals surface area contributed by atoms with E-state index in [1.54, 1.807) is 11.4 Å². The normalized spacial score (nSPS) is 22.0. The molecular weight excluding hydrogens is 352 g/mol. The highest BCUT2D eigenvalue weighted by atomic mass is 32.2. The van der Waals surface area contributed by atoms with Gasteiger partial charge in [0.1, 0.15) is 0 Å². The summed E-state index contributed by atoms with van der Waals surface area (Å²) in [6, 6.07) is 0. The Morgan fingerprint density at radius 3 is 2.46 bits per heavy atom. The number of guanidine groups is 1. The van der Waals surface area contributed by atoms with E-state index < -0.39 is 10.0 Å². The minimum atomic E-state index is -3.05. The number of nitrogens with one attached hydrogen (secondary N) is 2. The lowest BCUT2D eigenvalue weighted by Gasteiger charge is -2.40. The van der Waals surface area contributed by atoms with Gasteiger partial charge in [-0.25, -0.2) is 12.7 Å². The Morgan fingerprint density at radius 2 is 1.96 bits per heavy atom. The molecular formula is C18H36N4O3S. The van der Waals surface area contributed by atoms with Crippen LogP contribution in [0.1, 0.15) is 45.4 Å². The third-order valence-electron chi connectivity index (χ3n) is 5.77. The molecule has 0 unspecified atom stereocenters. The van der Waals surface area contributed by atoms with Gasteiger partial charge in [-0.05, 0) is 50.4 Å². The van der Waals surface area contributed by atoms with Crippen molar-refractivity contribution in [3.63, 3.8) is 0 Å². The van der Waals surface area contributed by atoms with Crippen molar-refractivity contribution in [1.29, 1.82) is 0 Å². The summed E-state index contributed by atoms with van der Waals surface area (Å²) < 4.78 is 30.1. The fourth-order valence-electron chi connectivity index (χ4n) is 3.76. The van der Waals surface area contributed by atoms with Crippen LogP contribution in [0.3, 0.4) is 0 Å². The molecule has 7 nitrogen and oxygen atoms in total. The summed E-state index contributed by atoms with van der Waals surface area (Å²) in [6.07, 6.45) is 7.95. The zero-order valence-corrected chi connectivity index (χ0v) is 17.4. The molecule has 2 aliphatic rings. The lowest BCUT2D eigenvalue weighted by Crippen LogP contribution is -2.44. The summed E-state index contributed by atoms with van der Waals surface area (Å²) in [4.78, 5) is 4.83. The second-order valence-electron chi connectivity index (χ2n) is 7.78. The van der Waals surface area contributed by atoms with E-state index in [0.29, 0.717) is 24.4 Å². The second kappa shape index (κ2) is 9.90. The maximum Gasteiger partial charge on any atom is 0.211 e. The van der Waals surface area contributed by atoms with Gasteiger partial charge in [0.15, 0.2) is 5.96 Å². The summed E-state index contributed by atoms with van der Waals surface area (Å²) in [7, 11) is -1.29. The van der Waals surface area contributed by atoms with Crippen LogP contribution in [0.4, 0.5) is 0 Å². The van der Waals surface area contributed by atoms with Crippen molar-refractivity contribution in [2.45, 2.75) is 45.4 Å². The molecule has 152 valence electrons. The van der Waals surface area contributed by atoms with Crippen molar-refractivity contribution >= 4 is 16.0 Å². The Balaban J connectivity index is 1.81. The molecule has 1 saturated carbocycles. The van der Waals surface area contributed by atoms with E-state index in [1.165, 1.54) is 25.5 Å². The summed E-state index contributed by atoms with van der Waals surface area (Å²) in [5, 5.41) is 6.79. The van der Waals surface area contributed by atoms with Gasteiger partial charge in [-0.1, -0.05) is 6.42 Å². The summed E-state index contributed by atoms with van der Waals surface area (Å²) in [5.41, 5.74) is 0.319. The summed E-state index contributed by atoms with van der Waals surface area (Å²) in [5.74, 6) is 1.37. The number of sulfonamides is 1. The van der Waals surface area contributed by atoms with Crippen LogP contribution >= 0.6 is 0 Å². The monoisotopic (exact) mass is 388 g/mol. The maximum atomic E-state index is 11.6. The highest BCUT2D eigenvalue weighted by Gasteiger charge is 2.36. The SMILES string of the molecule is CCNC(=NCC1(CCOC)CCC1)NCC1CCN(S(C)(=O)=O)CC1. The lowest BCUT2D eigenvalue weighted by molar-refractivity contribution is 0.0778. The van der Waals surface area contributed by atoms with E-state index in [9.17, 15) is 8.42 Å². The first-order valence-corrected chi connectivity index (χ1v) is 11.7. The number of ether oxygens (including phenoxy) is 1. The molecule has 26 heavy (non-hydrogen) atoms. The van der Waals surface area contributed by atoms with Crippen molar-refractivity contribution in [1.82, 2.24) is 14.9 Å². The number of rotatable bonds is 9. The zero-order chi connectivity index (χ0) is 19.0. The minimum Gasteiger partial charge on any atom is -0.385 e. The van der Waals surface area contributed by atoms with Crippen LogP contribution < -0.4 is 10.6 Å². The molecule has 1 aliphatic heterocycles. The third-order valence-corrected chi connectivity index (χ3v) is 7.07. The standard InChI is InChI=1S/C18H36N4O3S/c1-4-19-17(21-15-18(8-5-9-18)10-13-25-2)20-14-16-6-11-22(12-7-16)26(3,23)24/h16H,4-15H2,1-3H3,(H2,19,20,21). The first-order chi connectivity index (χ1) is 12.4. The fraction of sp³-hybridized carbons (Fsp3) is 0.944. The van der Waals surface area contributed by atoms with Crippen LogP contribution in [-0.4, -0.2) is 71.4 Å². The second-order valence-corrected chi connectivity index (χ2v) is 9.76. The molecule has 2 N–H and O–H groups in total. The molecule has 0 bridgehead atoms. The van der Waals surface area contributed by atoms with Crippen LogP contribution in [0.25, 0.3) is 0 Å². The van der Waals surface area contributed by atoms with Gasteiger partial charge in [0.2, 0.25) is 10.0 Å². The first kappa shape index (κ1) is 21.4. The molecule has 1 heterocycles. The fourth-order valence-corrected chi connectivity index (χ4v) is 4.63. The van der Waals surface area contributed by atoms with Crippen LogP contribution in [0.2, 0.25) is 0 Å². The maximum absolute atomic E-state index is 11.6. The van der Waals surface area contributed by atoms with Crippen molar-refractivity contribution in [3.8, 4) is 0 Å². The number of aliphatic imine (C=N–C) groups is 1. The van der Waals surface area contributed by atoms with Gasteiger partial charge in [0.25, 0.3) is 0 Å². The van der Waals surface area contributed by atoms with Gasteiger partial charge >= 0.3 is 0 Å². The molecule has 0 spiro atoms. The molecule has 0 aromatic heterocycles. The van der Waals surface area contributed by atoms with Gasteiger partial charge in [0, 0.05) is 46.4 Å². The Bertz CT molecular complexity index is 553. The Hall–Kier alpha value is -0.860. The lowest BCUT2D eigenvalue weighted by atomic mass is 9.67. The van der Waals surface area contributed by atoms with E-state index in [1.807, 2.05) is 0 Å². The Labute approximate surface area is 159 Å². The van der Waals surface area contributed by atoms with Crippen LogP contribution in [-0.2, 0) is 14.8 Å². The average Bonchev–Trinajstić information content (AvgIpc) is 2.58. The number of hydrogen-bond donors (Lipinski definition) is 2. The van der Waals surface area contributed by atoms with Crippen LogP contribution in [0.5, 0.6) is 0 Å². The quantitative estimate of drug-likeness (QED) is 0.461. The number of hydrogen-bond acceptors (Lipinski definition) is 4. The van der Waals surface area contributed by atoms with Crippen LogP contribution in [0.15, 0.2) is 4.99 Å². The minimum absolute atomic E-state index is 0.319. The highest BCUT2D eigenvalue weighted by Crippen LogP contribution is 2.44. The molecule has 8 heteroatoms. The Kier molecular flexibility index (Phi) is 8.16. The van der Waals surface area contributed by atoms with Gasteiger partial charge < -0.3 is 15.4 Å². The van der Waals surface area contributed by atoms with Crippen molar-refractivity contribution in [3.05, 3.63) is 0 Å². The van der Waals surface area contributed by atoms with Gasteiger partial charge in [-0.2, -0.15) is 0 Å². The summed E-state index contributed by atoms with van der Waals surface area (Å²) in [6.45, 7) is 6.65. The predicted molar refractivity (Wildman–Crippen MR) is 106 cm³/mol. The van der Waals surface area contributed by atoms with Gasteiger partial charge in [0.05, 0.1) is 6.26 Å². The largest absolute Gasteiger partial charge is 0.385 e. The smallest absolute Gasteiger partial charge is 0.211 e. The number of piperidine rings is 1. The number of methoxy groups -OCH3 is 1. The van der Waals surface area contributed by atoms with Crippen molar-refractivity contribution in [2.24, 2.45) is 16.3 Å². The molecule has 0 radical (unpaired) electrons. The van der Waals surface area contributed by atoms with E-state index in [0.717, 1.165) is 51.5 Å². The molecule has 0 amide bonds. The molecule has 0 aromatic rings. The van der Waals surface area contributed by atoms with E-state index in [2.05, 4.69) is 17.6 Å². The molecule has 1 aliphatic carbocycles. The third kappa shape index (κ3) is 6.39. The van der Waals surface area contributed by atoms with Crippen molar-refractivity contribution < 1.29 is 13.2 Å². The predicted octanol–water partition coefficient (Wildman–Crippen LogP) is 1.42. The zero-order valence-electron chi connectivity index (χ0n) is 16.6. The Morgan fingerprint density at radius 1 is 1.27 bits per heavy atom. The molecule has 2 rings (SSSR count). The first-order valence-electron chi connectivity index (χ1n) is 9.85. The highest BCUT2D eigenvalue weighted by molar-refractivity contribution is 7.88. The van der Waals surface area contributed by atoms with Gasteiger partial charge in [-0.15, -0.1) is 0 Å². The summed E-state index contributed by atoms with van der Waals surface area (Å²) >= 11 is 0. The van der Waals surface area contributed by atoms with E-state index in [4.69, 9.17) is 9.73 Å². The van der Waals surface area contributed by atoms with Gasteiger partial charge in [-0.3, -0.25) is 4.99 Å². The molecule has 1 saturated heterocycles. The van der Waals surface area contributed by atoms with Crippen LogP contribution in [0, 0.1) is 11.3 Å². The average molecular weight is 389 g/mol. The molecule has 2 fully saturated rings. The van der Waals surface area contributed by atoms with E-state index >= 15 is 0 Å². The van der Waals surface area contributed by atoms with E-state index in [-0.39, 0.29) is 0 Å².